The van der Waals surface area contributed by atoms with E-state index in [9.17, 15) is 24.8 Å². The predicted molar refractivity (Wildman–Crippen MR) is 102 cm³/mol. The van der Waals surface area contributed by atoms with Crippen LogP contribution in [0.4, 0.5) is 5.69 Å². The van der Waals surface area contributed by atoms with Gasteiger partial charge in [-0.3, -0.25) is 19.7 Å². The number of hydrogen-bond donors (Lipinski definition) is 1. The molecule has 146 valence electrons. The number of nitro benzene ring substituents is 1. The van der Waals surface area contributed by atoms with Gasteiger partial charge in [0.15, 0.2) is 5.75 Å². The number of piperazine rings is 1. The lowest BCUT2D eigenvalue weighted by atomic mass is 10.1. The minimum atomic E-state index is -0.714. The van der Waals surface area contributed by atoms with Gasteiger partial charge in [0.25, 0.3) is 5.91 Å². The molecule has 8 nitrogen and oxygen atoms in total. The largest absolute Gasteiger partial charge is 0.502 e. The fourth-order valence-corrected chi connectivity index (χ4v) is 3.17. The van der Waals surface area contributed by atoms with Crippen LogP contribution >= 0.6 is 11.6 Å². The highest BCUT2D eigenvalue weighted by Gasteiger charge is 2.26. The minimum absolute atomic E-state index is 0.0256. The van der Waals surface area contributed by atoms with E-state index in [1.807, 2.05) is 0 Å². The van der Waals surface area contributed by atoms with Crippen molar-refractivity contribution in [1.82, 2.24) is 9.80 Å². The van der Waals surface area contributed by atoms with Crippen LogP contribution in [0.1, 0.15) is 15.9 Å². The quantitative estimate of drug-likeness (QED) is 0.623. The third-order valence-corrected chi connectivity index (χ3v) is 4.86. The Kier molecular flexibility index (Phi) is 5.79. The van der Waals surface area contributed by atoms with Crippen LogP contribution in [-0.4, -0.2) is 57.8 Å². The normalized spacial score (nSPS) is 14.0. The van der Waals surface area contributed by atoms with Crippen LogP contribution in [-0.2, 0) is 11.2 Å². The summed E-state index contributed by atoms with van der Waals surface area (Å²) in [5.74, 6) is -0.912. The van der Waals surface area contributed by atoms with Gasteiger partial charge in [0.2, 0.25) is 5.91 Å². The van der Waals surface area contributed by atoms with Crippen LogP contribution in [0.3, 0.4) is 0 Å². The van der Waals surface area contributed by atoms with Crippen LogP contribution in [0.15, 0.2) is 42.5 Å². The molecule has 1 aliphatic rings. The summed E-state index contributed by atoms with van der Waals surface area (Å²) >= 11 is 5.85. The third kappa shape index (κ3) is 4.40. The van der Waals surface area contributed by atoms with Gasteiger partial charge in [-0.25, -0.2) is 0 Å². The van der Waals surface area contributed by atoms with E-state index in [4.69, 9.17) is 11.6 Å². The molecule has 3 rings (SSSR count). The summed E-state index contributed by atoms with van der Waals surface area (Å²) in [6.07, 6.45) is 0.265. The molecule has 1 heterocycles. The van der Waals surface area contributed by atoms with Gasteiger partial charge in [-0.1, -0.05) is 23.7 Å². The van der Waals surface area contributed by atoms with E-state index >= 15 is 0 Å². The first-order valence-electron chi connectivity index (χ1n) is 8.64. The van der Waals surface area contributed by atoms with Gasteiger partial charge in [-0.05, 0) is 29.8 Å². The molecule has 1 saturated heterocycles. The van der Waals surface area contributed by atoms with Gasteiger partial charge >= 0.3 is 5.69 Å². The third-order valence-electron chi connectivity index (χ3n) is 4.61. The summed E-state index contributed by atoms with van der Waals surface area (Å²) in [4.78, 5) is 38.3. The number of halogens is 1. The molecule has 0 atom stereocenters. The first kappa shape index (κ1) is 19.6. The average Bonchev–Trinajstić information content (AvgIpc) is 2.69. The van der Waals surface area contributed by atoms with Gasteiger partial charge in [-0.2, -0.15) is 0 Å². The average molecular weight is 404 g/mol. The van der Waals surface area contributed by atoms with E-state index in [1.54, 1.807) is 34.1 Å². The van der Waals surface area contributed by atoms with Crippen molar-refractivity contribution in [2.45, 2.75) is 6.42 Å². The second kappa shape index (κ2) is 8.26. The number of rotatable bonds is 4. The van der Waals surface area contributed by atoms with Gasteiger partial charge in [0, 0.05) is 42.8 Å². The number of nitrogens with zero attached hydrogens (tertiary/aromatic N) is 3. The van der Waals surface area contributed by atoms with Crippen molar-refractivity contribution in [2.24, 2.45) is 0 Å². The number of phenols is 1. The Morgan fingerprint density at radius 2 is 1.64 bits per heavy atom. The number of aromatic hydroxyl groups is 1. The van der Waals surface area contributed by atoms with E-state index in [0.29, 0.717) is 31.2 Å². The maximum atomic E-state index is 12.6. The number of carbonyl (C=O) groups is 2. The van der Waals surface area contributed by atoms with Gasteiger partial charge in [0.05, 0.1) is 11.3 Å². The molecule has 2 aromatic rings. The summed E-state index contributed by atoms with van der Waals surface area (Å²) in [5, 5.41) is 21.1. The highest BCUT2D eigenvalue weighted by Crippen LogP contribution is 2.27. The maximum absolute atomic E-state index is 12.6. The zero-order chi connectivity index (χ0) is 20.3. The SMILES string of the molecule is O=C(Cc1ccc(Cl)cc1)N1CCN(C(=O)c2ccc([N+](=O)[O-])c(O)c2)CC1. The molecule has 0 bridgehead atoms. The van der Waals surface area contributed by atoms with Crippen molar-refractivity contribution < 1.29 is 19.6 Å². The van der Waals surface area contributed by atoms with Crippen LogP contribution in [0.25, 0.3) is 0 Å². The molecule has 0 spiro atoms. The Morgan fingerprint density at radius 3 is 2.21 bits per heavy atom. The number of nitro groups is 1. The van der Waals surface area contributed by atoms with E-state index in [-0.39, 0.29) is 23.8 Å². The minimum Gasteiger partial charge on any atom is -0.502 e. The Balaban J connectivity index is 1.58. The molecule has 0 radical (unpaired) electrons. The lowest BCUT2D eigenvalue weighted by Crippen LogP contribution is -2.51. The van der Waals surface area contributed by atoms with Crippen LogP contribution in [0.5, 0.6) is 5.75 Å². The zero-order valence-electron chi connectivity index (χ0n) is 14.9. The molecule has 28 heavy (non-hydrogen) atoms. The molecular formula is C19H18ClN3O5. The lowest BCUT2D eigenvalue weighted by Gasteiger charge is -2.35. The summed E-state index contributed by atoms with van der Waals surface area (Å²) < 4.78 is 0. The summed E-state index contributed by atoms with van der Waals surface area (Å²) in [5.41, 5.74) is 0.590. The van der Waals surface area contributed by atoms with Crippen molar-refractivity contribution in [3.63, 3.8) is 0 Å². The second-order valence-electron chi connectivity index (χ2n) is 6.44. The van der Waals surface area contributed by atoms with E-state index in [1.165, 1.54) is 6.07 Å². The van der Waals surface area contributed by atoms with Gasteiger partial charge in [0.1, 0.15) is 0 Å². The maximum Gasteiger partial charge on any atom is 0.310 e. The number of hydrogen-bond acceptors (Lipinski definition) is 5. The van der Waals surface area contributed by atoms with E-state index < -0.39 is 16.4 Å². The molecule has 0 aromatic heterocycles. The fourth-order valence-electron chi connectivity index (χ4n) is 3.04. The first-order valence-corrected chi connectivity index (χ1v) is 9.02. The Hall–Kier alpha value is -3.13. The number of benzene rings is 2. The predicted octanol–water partition coefficient (Wildman–Crippen LogP) is 2.48. The summed E-state index contributed by atoms with van der Waals surface area (Å²) in [6.45, 7) is 1.50. The lowest BCUT2D eigenvalue weighted by molar-refractivity contribution is -0.385. The van der Waals surface area contributed by atoms with Crippen LogP contribution in [0, 0.1) is 10.1 Å². The Morgan fingerprint density at radius 1 is 1.04 bits per heavy atom. The van der Waals surface area contributed by atoms with Crippen molar-refractivity contribution in [3.05, 3.63) is 68.7 Å². The molecule has 2 amide bonds. The molecule has 0 saturated carbocycles. The van der Waals surface area contributed by atoms with E-state index in [2.05, 4.69) is 0 Å². The molecule has 1 fully saturated rings. The molecular weight excluding hydrogens is 386 g/mol. The van der Waals surface area contributed by atoms with Crippen molar-refractivity contribution in [3.8, 4) is 5.75 Å². The van der Waals surface area contributed by atoms with Crippen molar-refractivity contribution in [2.75, 3.05) is 26.2 Å². The fraction of sp³-hybridized carbons (Fsp3) is 0.263. The van der Waals surface area contributed by atoms with E-state index in [0.717, 1.165) is 17.7 Å². The molecule has 9 heteroatoms. The molecule has 0 aliphatic carbocycles. The highest BCUT2D eigenvalue weighted by molar-refractivity contribution is 6.30. The number of amides is 2. The molecule has 1 aliphatic heterocycles. The second-order valence-corrected chi connectivity index (χ2v) is 6.87. The van der Waals surface area contributed by atoms with Crippen LogP contribution in [0.2, 0.25) is 5.02 Å². The van der Waals surface area contributed by atoms with Gasteiger partial charge < -0.3 is 14.9 Å². The Labute approximate surface area is 166 Å². The van der Waals surface area contributed by atoms with Crippen molar-refractivity contribution in [1.29, 1.82) is 0 Å². The smallest absolute Gasteiger partial charge is 0.310 e. The summed E-state index contributed by atoms with van der Waals surface area (Å²) in [6, 6.07) is 10.6. The number of phenolic OH excluding ortho intramolecular Hbond substituents is 1. The monoisotopic (exact) mass is 403 g/mol. The molecule has 1 N–H and O–H groups in total. The van der Waals surface area contributed by atoms with Gasteiger partial charge in [-0.15, -0.1) is 0 Å². The first-order chi connectivity index (χ1) is 13.3. The topological polar surface area (TPSA) is 104 Å². The standard InChI is InChI=1S/C19H18ClN3O5/c20-15-4-1-13(2-5-15)11-18(25)21-7-9-22(10-8-21)19(26)14-3-6-16(23(27)28)17(24)12-14/h1-6,12,24H,7-11H2. The summed E-state index contributed by atoms with van der Waals surface area (Å²) in [7, 11) is 0. The van der Waals surface area contributed by atoms with Crippen LogP contribution < -0.4 is 0 Å². The number of carbonyl (C=O) groups excluding carboxylic acids is 2. The van der Waals surface area contributed by atoms with Crippen molar-refractivity contribution >= 4 is 29.1 Å². The zero-order valence-corrected chi connectivity index (χ0v) is 15.6. The molecule has 2 aromatic carbocycles. The Bertz CT molecular complexity index is 908. The highest BCUT2D eigenvalue weighted by atomic mass is 35.5. The molecule has 0 unspecified atom stereocenters.